The first-order valence-corrected chi connectivity index (χ1v) is 11.3. The van der Waals surface area contributed by atoms with Crippen LogP contribution in [-0.2, 0) is 4.79 Å². The monoisotopic (exact) mass is 482 g/mol. The fourth-order valence-corrected chi connectivity index (χ4v) is 4.86. The molecule has 2 aliphatic heterocycles. The molecule has 0 bridgehead atoms. The molecule has 33 heavy (non-hydrogen) atoms. The average Bonchev–Trinajstić information content (AvgIpc) is 3.09. The Bertz CT molecular complexity index is 1280. The smallest absolute Gasteiger partial charge is 0.290 e. The van der Waals surface area contributed by atoms with E-state index >= 15 is 0 Å². The lowest BCUT2D eigenvalue weighted by Gasteiger charge is -2.33. The molecule has 2 amide bonds. The second kappa shape index (κ2) is 9.46. The van der Waals surface area contributed by atoms with Gasteiger partial charge in [-0.25, -0.2) is 15.0 Å². The van der Waals surface area contributed by atoms with Gasteiger partial charge in [0.05, 0.1) is 21.8 Å². The Balaban J connectivity index is 0.00000259. The van der Waals surface area contributed by atoms with Crippen molar-refractivity contribution in [2.75, 3.05) is 18.0 Å². The van der Waals surface area contributed by atoms with Gasteiger partial charge in [0.15, 0.2) is 0 Å². The summed E-state index contributed by atoms with van der Waals surface area (Å²) in [5.41, 5.74) is 12.1. The average molecular weight is 483 g/mol. The van der Waals surface area contributed by atoms with Crippen LogP contribution >= 0.6 is 24.2 Å². The van der Waals surface area contributed by atoms with E-state index in [-0.39, 0.29) is 23.7 Å². The van der Waals surface area contributed by atoms with Gasteiger partial charge in [0.1, 0.15) is 11.8 Å². The molecule has 2 aromatic heterocycles. The number of imide groups is 1. The number of piperidine rings is 1. The highest BCUT2D eigenvalue weighted by Gasteiger charge is 2.25. The molecule has 2 aliphatic rings. The number of nitrogens with one attached hydrogen (secondary N) is 1. The normalized spacial score (nSPS) is 19.6. The summed E-state index contributed by atoms with van der Waals surface area (Å²) in [6, 6.07) is 10.1. The summed E-state index contributed by atoms with van der Waals surface area (Å²) in [4.78, 5) is 39.5. The number of carbonyl (C=O) groups excluding carboxylic acids is 2. The Kier molecular flexibility index (Phi) is 6.64. The van der Waals surface area contributed by atoms with Gasteiger partial charge in [-0.2, -0.15) is 0 Å². The van der Waals surface area contributed by atoms with Gasteiger partial charge in [-0.1, -0.05) is 6.07 Å². The van der Waals surface area contributed by atoms with Gasteiger partial charge < -0.3 is 10.6 Å². The number of halogens is 1. The van der Waals surface area contributed by atoms with Crippen molar-refractivity contribution in [3.63, 3.8) is 0 Å². The van der Waals surface area contributed by atoms with Gasteiger partial charge in [0.2, 0.25) is 0 Å². The number of nitrogens with zero attached hydrogens (tertiary/aromatic N) is 4. The number of anilines is 1. The zero-order chi connectivity index (χ0) is 22.2. The van der Waals surface area contributed by atoms with Gasteiger partial charge >= 0.3 is 0 Å². The highest BCUT2D eigenvalue weighted by molar-refractivity contribution is 8.18. The molecule has 1 aromatic carbocycles. The molecule has 0 spiro atoms. The number of nitrogens with two attached hydrogens (primary N) is 1. The first-order chi connectivity index (χ1) is 15.5. The van der Waals surface area contributed by atoms with E-state index in [9.17, 15) is 9.59 Å². The van der Waals surface area contributed by atoms with Crippen LogP contribution in [0.25, 0.3) is 28.4 Å². The van der Waals surface area contributed by atoms with E-state index in [0.717, 1.165) is 54.5 Å². The van der Waals surface area contributed by atoms with Crippen molar-refractivity contribution in [3.05, 3.63) is 52.8 Å². The predicted molar refractivity (Wildman–Crippen MR) is 133 cm³/mol. The quantitative estimate of drug-likeness (QED) is 0.543. The third kappa shape index (κ3) is 4.71. The predicted octanol–water partition coefficient (Wildman–Crippen LogP) is 3.67. The number of hydrogen-bond donors (Lipinski definition) is 2. The van der Waals surface area contributed by atoms with E-state index in [2.05, 4.69) is 45.3 Å². The van der Waals surface area contributed by atoms with E-state index < -0.39 is 5.91 Å². The number of rotatable bonds is 3. The zero-order valence-corrected chi connectivity index (χ0v) is 19.6. The van der Waals surface area contributed by atoms with Crippen LogP contribution in [0.4, 0.5) is 10.5 Å². The van der Waals surface area contributed by atoms with Crippen LogP contribution in [-0.4, -0.2) is 45.2 Å². The zero-order valence-electron chi connectivity index (χ0n) is 17.9. The second-order valence-electron chi connectivity index (χ2n) is 8.03. The highest BCUT2D eigenvalue weighted by Crippen LogP contribution is 2.31. The van der Waals surface area contributed by atoms with Crippen molar-refractivity contribution in [1.82, 2.24) is 20.3 Å². The minimum Gasteiger partial charge on any atom is -0.370 e. The summed E-state index contributed by atoms with van der Waals surface area (Å²) in [6.07, 6.45) is 5.31. The lowest BCUT2D eigenvalue weighted by molar-refractivity contribution is -0.115. The number of hydrogen-bond acceptors (Lipinski definition) is 8. The molecule has 0 saturated carbocycles. The van der Waals surface area contributed by atoms with Crippen molar-refractivity contribution < 1.29 is 9.59 Å². The molecule has 10 heteroatoms. The highest BCUT2D eigenvalue weighted by atomic mass is 35.5. The van der Waals surface area contributed by atoms with Crippen LogP contribution in [0.15, 0.2) is 41.6 Å². The molecule has 170 valence electrons. The van der Waals surface area contributed by atoms with Crippen molar-refractivity contribution in [1.29, 1.82) is 0 Å². The largest absolute Gasteiger partial charge is 0.370 e. The van der Waals surface area contributed by atoms with Crippen molar-refractivity contribution >= 4 is 58.1 Å². The first kappa shape index (κ1) is 23.2. The molecule has 2 fully saturated rings. The molecule has 3 aromatic rings. The molecule has 8 nitrogen and oxygen atoms in total. The van der Waals surface area contributed by atoms with E-state index in [1.165, 1.54) is 12.0 Å². The van der Waals surface area contributed by atoms with Crippen LogP contribution in [0.3, 0.4) is 0 Å². The topological polar surface area (TPSA) is 114 Å². The Morgan fingerprint density at radius 2 is 2.06 bits per heavy atom. The lowest BCUT2D eigenvalue weighted by atomic mass is 10.0. The SMILES string of the molecule is Cc1cc(-c2ncnc3ccc(C=C4SC(=O)NC4=O)nc23)ccc1N1CCC[C@@H](N)C1.Cl. The summed E-state index contributed by atoms with van der Waals surface area (Å²) in [6.45, 7) is 3.97. The van der Waals surface area contributed by atoms with Gasteiger partial charge in [-0.05, 0) is 67.4 Å². The van der Waals surface area contributed by atoms with Crippen LogP contribution in [0.5, 0.6) is 0 Å². The van der Waals surface area contributed by atoms with E-state index in [1.807, 2.05) is 6.07 Å². The maximum atomic E-state index is 11.9. The molecule has 2 saturated heterocycles. The number of thioether (sulfide) groups is 1. The lowest BCUT2D eigenvalue weighted by Crippen LogP contribution is -2.43. The van der Waals surface area contributed by atoms with Crippen LogP contribution in [0, 0.1) is 6.92 Å². The van der Waals surface area contributed by atoms with Crippen molar-refractivity contribution in [3.8, 4) is 11.3 Å². The molecule has 5 rings (SSSR count). The van der Waals surface area contributed by atoms with E-state index in [4.69, 9.17) is 10.7 Å². The fraction of sp³-hybridized carbons (Fsp3) is 0.261. The molecule has 0 unspecified atom stereocenters. The van der Waals surface area contributed by atoms with Gasteiger partial charge in [0, 0.05) is 30.4 Å². The number of benzene rings is 1. The summed E-state index contributed by atoms with van der Waals surface area (Å²) >= 11 is 0.868. The molecule has 0 aliphatic carbocycles. The molecule has 3 N–H and O–H groups in total. The maximum absolute atomic E-state index is 11.9. The number of amides is 2. The summed E-state index contributed by atoms with van der Waals surface area (Å²) in [5.74, 6) is -0.407. The number of aryl methyl sites for hydroxylation is 1. The molecule has 1 atom stereocenters. The summed E-state index contributed by atoms with van der Waals surface area (Å²) in [5, 5.41) is 1.88. The standard InChI is InChI=1S/C23H22N6O2S.ClH/c1-13-9-14(4-7-18(13)29-8-2-3-15(24)11-29)20-21-17(25-12-26-20)6-5-16(27-21)10-19-22(30)28-23(31)32-19;/h4-7,9-10,12,15H,2-3,8,11,24H2,1H3,(H,28,30,31);1H/t15-;/m1./s1. The Hall–Kier alpha value is -3.01. The second-order valence-corrected chi connectivity index (χ2v) is 9.04. The Morgan fingerprint density at radius 3 is 2.79 bits per heavy atom. The maximum Gasteiger partial charge on any atom is 0.290 e. The number of carbonyl (C=O) groups is 2. The van der Waals surface area contributed by atoms with Crippen LogP contribution in [0.2, 0.25) is 0 Å². The van der Waals surface area contributed by atoms with Crippen LogP contribution < -0.4 is 16.0 Å². The third-order valence-electron chi connectivity index (χ3n) is 5.69. The molecular formula is C23H23ClN6O2S. The van der Waals surface area contributed by atoms with Crippen LogP contribution in [0.1, 0.15) is 24.1 Å². The number of fused-ring (bicyclic) bond motifs is 1. The number of aromatic nitrogens is 3. The minimum atomic E-state index is -0.407. The fourth-order valence-electron chi connectivity index (χ4n) is 4.19. The Labute approximate surface area is 201 Å². The number of pyridine rings is 1. The molecule has 0 radical (unpaired) electrons. The third-order valence-corrected chi connectivity index (χ3v) is 6.50. The summed E-state index contributed by atoms with van der Waals surface area (Å²) in [7, 11) is 0. The van der Waals surface area contributed by atoms with E-state index in [0.29, 0.717) is 21.6 Å². The summed E-state index contributed by atoms with van der Waals surface area (Å²) < 4.78 is 0. The van der Waals surface area contributed by atoms with Gasteiger partial charge in [-0.3, -0.25) is 14.9 Å². The van der Waals surface area contributed by atoms with E-state index in [1.54, 1.807) is 12.1 Å². The molecule has 4 heterocycles. The Morgan fingerprint density at radius 1 is 1.21 bits per heavy atom. The van der Waals surface area contributed by atoms with Gasteiger partial charge in [-0.15, -0.1) is 12.4 Å². The first-order valence-electron chi connectivity index (χ1n) is 10.5. The van der Waals surface area contributed by atoms with Gasteiger partial charge in [0.25, 0.3) is 11.1 Å². The minimum absolute atomic E-state index is 0. The van der Waals surface area contributed by atoms with Crippen molar-refractivity contribution in [2.45, 2.75) is 25.8 Å². The van der Waals surface area contributed by atoms with Crippen molar-refractivity contribution in [2.24, 2.45) is 5.73 Å². The molecular weight excluding hydrogens is 460 g/mol.